The van der Waals surface area contributed by atoms with Crippen LogP contribution in [-0.2, 0) is 16.5 Å². The summed E-state index contributed by atoms with van der Waals surface area (Å²) < 4.78 is 44.7. The van der Waals surface area contributed by atoms with Crippen molar-refractivity contribution in [1.29, 1.82) is 0 Å². The van der Waals surface area contributed by atoms with Gasteiger partial charge in [0.1, 0.15) is 0 Å². The first-order chi connectivity index (χ1) is 16.2. The monoisotopic (exact) mass is 474 g/mol. The molecule has 2 heterocycles. The number of carbonyl (C=O) groups is 1. The molecule has 4 nitrogen and oxygen atoms in total. The number of piperidine rings is 2. The van der Waals surface area contributed by atoms with Gasteiger partial charge in [-0.3, -0.25) is 4.79 Å². The molecule has 2 aliphatic heterocycles. The van der Waals surface area contributed by atoms with Crippen LogP contribution in [0.15, 0.2) is 48.5 Å². The molecule has 2 fully saturated rings. The first-order valence-electron chi connectivity index (χ1n) is 12.1. The quantitative estimate of drug-likeness (QED) is 0.559. The highest BCUT2D eigenvalue weighted by Crippen LogP contribution is 2.37. The fourth-order valence-electron chi connectivity index (χ4n) is 5.23. The number of hydrogen-bond donors (Lipinski definition) is 0. The second-order valence-corrected chi connectivity index (χ2v) is 9.49. The summed E-state index contributed by atoms with van der Waals surface area (Å²) in [5.74, 6) is 0.176. The molecular formula is C27H33F3N2O2. The molecule has 7 heteroatoms. The number of likely N-dealkylation sites (tertiary alicyclic amines) is 2. The maximum absolute atomic E-state index is 13.1. The van der Waals surface area contributed by atoms with Gasteiger partial charge in [0.15, 0.2) is 0 Å². The van der Waals surface area contributed by atoms with Gasteiger partial charge >= 0.3 is 6.18 Å². The Morgan fingerprint density at radius 3 is 2.09 bits per heavy atom. The third-order valence-electron chi connectivity index (χ3n) is 7.36. The first kappa shape index (κ1) is 24.7. The maximum atomic E-state index is 13.1. The molecule has 2 aliphatic rings. The van der Waals surface area contributed by atoms with Gasteiger partial charge in [-0.1, -0.05) is 24.3 Å². The van der Waals surface area contributed by atoms with E-state index in [1.165, 1.54) is 0 Å². The number of nitrogens with zero attached hydrogens (tertiary/aromatic N) is 2. The van der Waals surface area contributed by atoms with Gasteiger partial charge in [-0.15, -0.1) is 0 Å². The van der Waals surface area contributed by atoms with Crippen LogP contribution in [-0.4, -0.2) is 55.5 Å². The Balaban J connectivity index is 1.38. The van der Waals surface area contributed by atoms with Crippen molar-refractivity contribution in [2.75, 3.05) is 39.8 Å². The largest absolute Gasteiger partial charge is 0.416 e. The fraction of sp³-hybridized carbons (Fsp3) is 0.519. The molecule has 2 aromatic rings. The average Bonchev–Trinajstić information content (AvgIpc) is 2.85. The molecule has 4 rings (SSSR count). The van der Waals surface area contributed by atoms with E-state index in [-0.39, 0.29) is 17.4 Å². The van der Waals surface area contributed by atoms with Gasteiger partial charge < -0.3 is 14.5 Å². The van der Waals surface area contributed by atoms with Crippen LogP contribution in [0.4, 0.5) is 13.2 Å². The number of alkyl halides is 3. The molecule has 0 saturated carbocycles. The molecule has 2 aromatic carbocycles. The van der Waals surface area contributed by atoms with E-state index in [0.717, 1.165) is 62.0 Å². The van der Waals surface area contributed by atoms with Crippen molar-refractivity contribution in [2.24, 2.45) is 0 Å². The summed E-state index contributed by atoms with van der Waals surface area (Å²) >= 11 is 0. The molecule has 2 saturated heterocycles. The van der Waals surface area contributed by atoms with Crippen LogP contribution in [0.2, 0.25) is 0 Å². The van der Waals surface area contributed by atoms with Gasteiger partial charge in [0.2, 0.25) is 0 Å². The fourth-order valence-corrected chi connectivity index (χ4v) is 5.23. The Morgan fingerprint density at radius 1 is 0.971 bits per heavy atom. The van der Waals surface area contributed by atoms with E-state index in [1.54, 1.807) is 12.1 Å². The molecule has 0 unspecified atom stereocenters. The number of hydrogen-bond acceptors (Lipinski definition) is 3. The molecule has 34 heavy (non-hydrogen) atoms. The Bertz CT molecular complexity index is 957. The average molecular weight is 475 g/mol. The zero-order valence-electron chi connectivity index (χ0n) is 19.9. The number of ether oxygens (including phenoxy) is 1. The van der Waals surface area contributed by atoms with E-state index < -0.39 is 11.7 Å². The second-order valence-electron chi connectivity index (χ2n) is 9.49. The van der Waals surface area contributed by atoms with Crippen molar-refractivity contribution in [3.8, 4) is 0 Å². The van der Waals surface area contributed by atoms with E-state index in [1.807, 2.05) is 36.1 Å². The smallest absolute Gasteiger partial charge is 0.370 e. The van der Waals surface area contributed by atoms with Crippen molar-refractivity contribution in [2.45, 2.75) is 50.3 Å². The van der Waals surface area contributed by atoms with Gasteiger partial charge in [0.05, 0.1) is 11.2 Å². The summed E-state index contributed by atoms with van der Waals surface area (Å²) in [5, 5.41) is 0. The van der Waals surface area contributed by atoms with Crippen LogP contribution in [0, 0.1) is 0 Å². The first-order valence-corrected chi connectivity index (χ1v) is 12.1. The minimum atomic E-state index is -4.32. The van der Waals surface area contributed by atoms with Crippen LogP contribution >= 0.6 is 0 Å². The Kier molecular flexibility index (Phi) is 7.33. The lowest BCUT2D eigenvalue weighted by molar-refractivity contribution is -0.137. The lowest BCUT2D eigenvalue weighted by Crippen LogP contribution is -2.42. The number of halogens is 3. The highest BCUT2D eigenvalue weighted by atomic mass is 19.4. The highest BCUT2D eigenvalue weighted by molar-refractivity contribution is 5.94. The number of rotatable bonds is 5. The lowest BCUT2D eigenvalue weighted by atomic mass is 9.83. The molecular weight excluding hydrogens is 441 g/mol. The molecule has 0 N–H and O–H groups in total. The Morgan fingerprint density at radius 2 is 1.56 bits per heavy atom. The number of benzene rings is 2. The Hall–Kier alpha value is -2.38. The van der Waals surface area contributed by atoms with Crippen LogP contribution in [0.3, 0.4) is 0 Å². The van der Waals surface area contributed by atoms with Crippen LogP contribution in [0.5, 0.6) is 0 Å². The molecule has 0 atom stereocenters. The zero-order chi connectivity index (χ0) is 24.3. The van der Waals surface area contributed by atoms with E-state index in [9.17, 15) is 18.0 Å². The van der Waals surface area contributed by atoms with Crippen LogP contribution in [0.1, 0.15) is 65.6 Å². The predicted molar refractivity (Wildman–Crippen MR) is 126 cm³/mol. The summed E-state index contributed by atoms with van der Waals surface area (Å²) in [4.78, 5) is 17.3. The third-order valence-corrected chi connectivity index (χ3v) is 7.36. The van der Waals surface area contributed by atoms with Crippen LogP contribution in [0.25, 0.3) is 0 Å². The summed E-state index contributed by atoms with van der Waals surface area (Å²) in [5.41, 5.74) is 1.78. The summed E-state index contributed by atoms with van der Waals surface area (Å²) in [6.07, 6.45) is -0.962. The molecule has 0 bridgehead atoms. The van der Waals surface area contributed by atoms with Crippen molar-refractivity contribution in [3.05, 3.63) is 70.8 Å². The third kappa shape index (κ3) is 5.31. The summed E-state index contributed by atoms with van der Waals surface area (Å²) in [6.45, 7) is 5.83. The van der Waals surface area contributed by atoms with Crippen molar-refractivity contribution in [3.63, 3.8) is 0 Å². The Labute approximate surface area is 199 Å². The topological polar surface area (TPSA) is 32.8 Å². The van der Waals surface area contributed by atoms with Gasteiger partial charge in [-0.05, 0) is 81.0 Å². The zero-order valence-corrected chi connectivity index (χ0v) is 19.9. The predicted octanol–water partition coefficient (Wildman–Crippen LogP) is 5.68. The highest BCUT2D eigenvalue weighted by Gasteiger charge is 2.36. The van der Waals surface area contributed by atoms with Crippen LogP contribution < -0.4 is 0 Å². The van der Waals surface area contributed by atoms with Gasteiger partial charge in [0.25, 0.3) is 5.91 Å². The van der Waals surface area contributed by atoms with E-state index in [4.69, 9.17) is 4.74 Å². The maximum Gasteiger partial charge on any atom is 0.416 e. The minimum absolute atomic E-state index is 0.00579. The number of carbonyl (C=O) groups excluding carboxylic acids is 1. The van der Waals surface area contributed by atoms with E-state index in [0.29, 0.717) is 25.3 Å². The molecule has 0 spiro atoms. The van der Waals surface area contributed by atoms with E-state index >= 15 is 0 Å². The number of amides is 1. The molecule has 1 amide bonds. The second kappa shape index (κ2) is 10.1. The van der Waals surface area contributed by atoms with Gasteiger partial charge in [-0.25, -0.2) is 0 Å². The lowest BCUT2D eigenvalue weighted by Gasteiger charge is -2.41. The standard InChI is InChI=1S/C27H33F3N2O2/c1-3-34-26(14-18-31(2)19-15-26)23-8-6-22(7-9-23)25(33)32-16-12-21(13-17-32)20-4-10-24(11-5-20)27(28,29)30/h4-11,21H,3,12-19H2,1-2H3. The minimum Gasteiger partial charge on any atom is -0.370 e. The molecule has 0 aromatic heterocycles. The normalized spacial score (nSPS) is 19.9. The molecule has 0 radical (unpaired) electrons. The van der Waals surface area contributed by atoms with Gasteiger partial charge in [0, 0.05) is 38.3 Å². The molecule has 184 valence electrons. The van der Waals surface area contributed by atoms with Gasteiger partial charge in [-0.2, -0.15) is 13.2 Å². The van der Waals surface area contributed by atoms with Crippen molar-refractivity contribution >= 4 is 5.91 Å². The SMILES string of the molecule is CCOC1(c2ccc(C(=O)N3CCC(c4ccc(C(F)(F)F)cc4)CC3)cc2)CCN(C)CC1. The summed E-state index contributed by atoms with van der Waals surface area (Å²) in [6, 6.07) is 13.3. The molecule has 0 aliphatic carbocycles. The van der Waals surface area contributed by atoms with Crippen molar-refractivity contribution < 1.29 is 22.7 Å². The van der Waals surface area contributed by atoms with Crippen molar-refractivity contribution in [1.82, 2.24) is 9.80 Å². The summed E-state index contributed by atoms with van der Waals surface area (Å²) in [7, 11) is 2.12. The van der Waals surface area contributed by atoms with E-state index in [2.05, 4.69) is 11.9 Å².